The first-order valence-electron chi connectivity index (χ1n) is 5.85. The molecule has 87 valence electrons. The molecular weight excluding hydrogens is 202 g/mol. The molecule has 3 nitrogen and oxygen atoms in total. The van der Waals surface area contributed by atoms with E-state index in [1.54, 1.807) is 0 Å². The van der Waals surface area contributed by atoms with Crippen LogP contribution in [0, 0.1) is 6.23 Å². The maximum Gasteiger partial charge on any atom is 0.219 e. The fourth-order valence-corrected chi connectivity index (χ4v) is 1.97. The third kappa shape index (κ3) is 2.26. The largest absolute Gasteiger partial charge is 0.350 e. The Morgan fingerprint density at radius 3 is 2.75 bits per heavy atom. The molecule has 1 aromatic rings. The van der Waals surface area contributed by atoms with Crippen LogP contribution in [-0.2, 0) is 16.0 Å². The van der Waals surface area contributed by atoms with E-state index in [4.69, 9.17) is 9.57 Å². The fraction of sp³-hybridized carbons (Fsp3) is 0.462. The summed E-state index contributed by atoms with van der Waals surface area (Å²) in [6, 6.07) is 8.34. The van der Waals surface area contributed by atoms with Gasteiger partial charge in [-0.05, 0) is 25.8 Å². The van der Waals surface area contributed by atoms with Gasteiger partial charge in [0, 0.05) is 18.7 Å². The van der Waals surface area contributed by atoms with Crippen LogP contribution in [-0.4, -0.2) is 24.8 Å². The maximum atomic E-state index is 5.69. The van der Waals surface area contributed by atoms with Crippen molar-refractivity contribution in [3.05, 3.63) is 41.6 Å². The van der Waals surface area contributed by atoms with Crippen LogP contribution in [0.4, 0.5) is 0 Å². The second-order valence-electron chi connectivity index (χ2n) is 3.67. The molecule has 0 saturated heterocycles. The zero-order chi connectivity index (χ0) is 11.4. The van der Waals surface area contributed by atoms with E-state index in [9.17, 15) is 0 Å². The summed E-state index contributed by atoms with van der Waals surface area (Å²) in [5, 5.41) is 1.87. The van der Waals surface area contributed by atoms with E-state index >= 15 is 0 Å². The zero-order valence-electron chi connectivity index (χ0n) is 9.90. The summed E-state index contributed by atoms with van der Waals surface area (Å²) in [5.41, 5.74) is 2.49. The summed E-state index contributed by atoms with van der Waals surface area (Å²) in [6.45, 7) is 6.17. The van der Waals surface area contributed by atoms with Crippen molar-refractivity contribution in [2.75, 3.05) is 19.8 Å². The van der Waals surface area contributed by atoms with Gasteiger partial charge >= 0.3 is 0 Å². The van der Waals surface area contributed by atoms with Crippen LogP contribution in [0.5, 0.6) is 0 Å². The normalized spacial score (nSPS) is 17.4. The first-order valence-corrected chi connectivity index (χ1v) is 5.85. The summed E-state index contributed by atoms with van der Waals surface area (Å²) in [5.74, 6) is 0. The van der Waals surface area contributed by atoms with E-state index in [1.165, 1.54) is 5.56 Å². The van der Waals surface area contributed by atoms with Crippen molar-refractivity contribution in [3.63, 3.8) is 0 Å². The molecule has 1 aliphatic heterocycles. The second-order valence-corrected chi connectivity index (χ2v) is 3.67. The molecule has 1 aliphatic rings. The number of hydrogen-bond donors (Lipinski definition) is 0. The van der Waals surface area contributed by atoms with Gasteiger partial charge in [0.25, 0.3) is 0 Å². The van der Waals surface area contributed by atoms with Crippen molar-refractivity contribution in [2.24, 2.45) is 0 Å². The van der Waals surface area contributed by atoms with E-state index < -0.39 is 0 Å². The standard InChI is InChI=1S/C13H18NO2/c1-3-15-13-12-8-6-5-7-11(12)9-10-14(13)16-4-2/h5-8H,3-4,9-10H2,1-2H3. The lowest BCUT2D eigenvalue weighted by Crippen LogP contribution is -2.37. The Balaban J connectivity index is 2.24. The van der Waals surface area contributed by atoms with Crippen molar-refractivity contribution in [2.45, 2.75) is 20.3 Å². The predicted octanol–water partition coefficient (Wildman–Crippen LogP) is 2.37. The molecule has 0 fully saturated rings. The predicted molar refractivity (Wildman–Crippen MR) is 62.4 cm³/mol. The highest BCUT2D eigenvalue weighted by atomic mass is 16.7. The number of ether oxygens (including phenoxy) is 1. The van der Waals surface area contributed by atoms with E-state index in [2.05, 4.69) is 18.2 Å². The smallest absolute Gasteiger partial charge is 0.219 e. The third-order valence-electron chi connectivity index (χ3n) is 2.62. The molecule has 16 heavy (non-hydrogen) atoms. The molecule has 0 saturated carbocycles. The van der Waals surface area contributed by atoms with Gasteiger partial charge in [-0.15, -0.1) is 5.06 Å². The van der Waals surface area contributed by atoms with Crippen molar-refractivity contribution < 1.29 is 9.57 Å². The number of hydroxylamine groups is 2. The number of fused-ring (bicyclic) bond motifs is 1. The van der Waals surface area contributed by atoms with E-state index in [0.717, 1.165) is 24.8 Å². The highest BCUT2D eigenvalue weighted by Gasteiger charge is 2.29. The minimum absolute atomic E-state index is 0.660. The summed E-state index contributed by atoms with van der Waals surface area (Å²) in [4.78, 5) is 5.58. The summed E-state index contributed by atoms with van der Waals surface area (Å²) in [6.07, 6.45) is 1.86. The molecule has 1 aromatic carbocycles. The second kappa shape index (κ2) is 5.43. The topological polar surface area (TPSA) is 21.7 Å². The Kier molecular flexibility index (Phi) is 3.93. The first-order chi connectivity index (χ1) is 7.86. The van der Waals surface area contributed by atoms with Gasteiger partial charge in [0.2, 0.25) is 6.23 Å². The molecule has 1 heterocycles. The lowest BCUT2D eigenvalue weighted by atomic mass is 9.99. The van der Waals surface area contributed by atoms with Gasteiger partial charge in [0.1, 0.15) is 0 Å². The minimum atomic E-state index is 0.660. The molecule has 0 unspecified atom stereocenters. The van der Waals surface area contributed by atoms with Gasteiger partial charge in [0.15, 0.2) is 0 Å². The van der Waals surface area contributed by atoms with Crippen molar-refractivity contribution in [3.8, 4) is 0 Å². The highest BCUT2D eigenvalue weighted by molar-refractivity contribution is 5.37. The Morgan fingerprint density at radius 1 is 1.19 bits per heavy atom. The van der Waals surface area contributed by atoms with Gasteiger partial charge in [-0.3, -0.25) is 4.84 Å². The molecule has 0 aliphatic carbocycles. The monoisotopic (exact) mass is 220 g/mol. The Morgan fingerprint density at radius 2 is 2.00 bits per heavy atom. The first kappa shape index (κ1) is 11.6. The summed E-state index contributed by atoms with van der Waals surface area (Å²) >= 11 is 0. The average molecular weight is 220 g/mol. The molecule has 2 rings (SSSR count). The SMILES string of the molecule is CCO[C]1c2ccccc2CCN1OCC. The van der Waals surface area contributed by atoms with E-state index in [-0.39, 0.29) is 0 Å². The van der Waals surface area contributed by atoms with Crippen LogP contribution >= 0.6 is 0 Å². The number of hydrogen-bond acceptors (Lipinski definition) is 3. The van der Waals surface area contributed by atoms with Crippen molar-refractivity contribution in [1.29, 1.82) is 0 Å². The molecule has 0 amide bonds. The lowest BCUT2D eigenvalue weighted by Gasteiger charge is -2.33. The maximum absolute atomic E-state index is 5.69. The Bertz CT molecular complexity index is 340. The summed E-state index contributed by atoms with van der Waals surface area (Å²) in [7, 11) is 0. The third-order valence-corrected chi connectivity index (χ3v) is 2.62. The van der Waals surface area contributed by atoms with Crippen LogP contribution in [0.25, 0.3) is 0 Å². The molecule has 0 spiro atoms. The molecule has 0 aromatic heterocycles. The van der Waals surface area contributed by atoms with Crippen LogP contribution in [0.15, 0.2) is 24.3 Å². The zero-order valence-corrected chi connectivity index (χ0v) is 9.90. The van der Waals surface area contributed by atoms with Gasteiger partial charge in [0.05, 0.1) is 6.61 Å². The van der Waals surface area contributed by atoms with Crippen LogP contribution < -0.4 is 0 Å². The van der Waals surface area contributed by atoms with Crippen molar-refractivity contribution >= 4 is 0 Å². The summed E-state index contributed by atoms with van der Waals surface area (Å²) < 4.78 is 5.69. The van der Waals surface area contributed by atoms with Gasteiger partial charge < -0.3 is 4.74 Å². The van der Waals surface area contributed by atoms with Gasteiger partial charge in [-0.1, -0.05) is 24.3 Å². The highest BCUT2D eigenvalue weighted by Crippen LogP contribution is 2.29. The average Bonchev–Trinajstić information content (AvgIpc) is 2.32. The molecule has 0 atom stereocenters. The molecular formula is C13H18NO2. The van der Waals surface area contributed by atoms with Crippen molar-refractivity contribution in [1.82, 2.24) is 5.06 Å². The molecule has 1 radical (unpaired) electrons. The number of nitrogens with zero attached hydrogens (tertiary/aromatic N) is 1. The van der Waals surface area contributed by atoms with Gasteiger partial charge in [-0.2, -0.15) is 0 Å². The van der Waals surface area contributed by atoms with Crippen LogP contribution in [0.2, 0.25) is 0 Å². The van der Waals surface area contributed by atoms with E-state index in [0.29, 0.717) is 13.2 Å². The molecule has 0 bridgehead atoms. The molecule has 0 N–H and O–H groups in total. The van der Waals surface area contributed by atoms with Crippen LogP contribution in [0.3, 0.4) is 0 Å². The van der Waals surface area contributed by atoms with Crippen LogP contribution in [0.1, 0.15) is 25.0 Å². The quantitative estimate of drug-likeness (QED) is 0.777. The Hall–Kier alpha value is -0.900. The fourth-order valence-electron chi connectivity index (χ4n) is 1.97. The van der Waals surface area contributed by atoms with E-state index in [1.807, 2.05) is 25.0 Å². The van der Waals surface area contributed by atoms with Gasteiger partial charge in [-0.25, -0.2) is 0 Å². The number of benzene rings is 1. The number of rotatable bonds is 4. The minimum Gasteiger partial charge on any atom is -0.350 e. The Labute approximate surface area is 96.9 Å². The molecule has 3 heteroatoms. The lowest BCUT2D eigenvalue weighted by molar-refractivity contribution is -0.191.